The van der Waals surface area contributed by atoms with Crippen molar-refractivity contribution in [1.82, 2.24) is 15.2 Å². The average molecular weight is 475 g/mol. The fourth-order valence-electron chi connectivity index (χ4n) is 2.45. The lowest BCUT2D eigenvalue weighted by molar-refractivity contribution is 0.290. The van der Waals surface area contributed by atoms with Crippen molar-refractivity contribution >= 4 is 29.9 Å². The summed E-state index contributed by atoms with van der Waals surface area (Å²) in [5.74, 6) is -0.939. The SMILES string of the molecule is CN(C)C(CN=C(N)NCCc1ccccn1)c1c(F)cccc1F.I. The first-order valence-electron chi connectivity index (χ1n) is 8.03. The van der Waals surface area contributed by atoms with Gasteiger partial charge in [-0.1, -0.05) is 12.1 Å². The molecule has 0 aliphatic carbocycles. The molecule has 1 aromatic carbocycles. The number of likely N-dealkylation sites (N-methyl/N-ethyl adjacent to an activating group) is 1. The van der Waals surface area contributed by atoms with Crippen LogP contribution in [0, 0.1) is 11.6 Å². The van der Waals surface area contributed by atoms with E-state index in [0.717, 1.165) is 5.69 Å². The lowest BCUT2D eigenvalue weighted by Crippen LogP contribution is -2.34. The number of hydrogen-bond acceptors (Lipinski definition) is 3. The van der Waals surface area contributed by atoms with Gasteiger partial charge >= 0.3 is 0 Å². The zero-order valence-electron chi connectivity index (χ0n) is 14.8. The Balaban J connectivity index is 0.00000338. The van der Waals surface area contributed by atoms with Crippen molar-refractivity contribution in [2.75, 3.05) is 27.2 Å². The summed E-state index contributed by atoms with van der Waals surface area (Å²) >= 11 is 0. The number of nitrogens with one attached hydrogen (secondary N) is 1. The maximum Gasteiger partial charge on any atom is 0.188 e. The predicted molar refractivity (Wildman–Crippen MR) is 111 cm³/mol. The molecule has 0 fully saturated rings. The van der Waals surface area contributed by atoms with E-state index < -0.39 is 17.7 Å². The lowest BCUT2D eigenvalue weighted by atomic mass is 10.0. The number of guanidine groups is 1. The first-order valence-corrected chi connectivity index (χ1v) is 8.03. The van der Waals surface area contributed by atoms with Crippen LogP contribution in [0.25, 0.3) is 0 Å². The highest BCUT2D eigenvalue weighted by Gasteiger charge is 2.21. The Morgan fingerprint density at radius 2 is 1.88 bits per heavy atom. The molecule has 0 saturated heterocycles. The highest BCUT2D eigenvalue weighted by molar-refractivity contribution is 14.0. The summed E-state index contributed by atoms with van der Waals surface area (Å²) in [6, 6.07) is 8.99. The summed E-state index contributed by atoms with van der Waals surface area (Å²) in [5.41, 5.74) is 6.80. The first-order chi connectivity index (χ1) is 12.0. The van der Waals surface area contributed by atoms with Crippen molar-refractivity contribution in [2.24, 2.45) is 10.7 Å². The molecule has 0 bridgehead atoms. The molecule has 5 nitrogen and oxygen atoms in total. The normalized spacial score (nSPS) is 12.6. The van der Waals surface area contributed by atoms with Crippen LogP contribution in [0.4, 0.5) is 8.78 Å². The topological polar surface area (TPSA) is 66.5 Å². The fourth-order valence-corrected chi connectivity index (χ4v) is 2.45. The minimum absolute atomic E-state index is 0. The van der Waals surface area contributed by atoms with Crippen molar-refractivity contribution in [2.45, 2.75) is 12.5 Å². The Morgan fingerprint density at radius 3 is 2.46 bits per heavy atom. The van der Waals surface area contributed by atoms with Crippen LogP contribution in [-0.4, -0.2) is 43.0 Å². The summed E-state index contributed by atoms with van der Waals surface area (Å²) in [5, 5.41) is 2.99. The van der Waals surface area contributed by atoms with E-state index in [0.29, 0.717) is 13.0 Å². The van der Waals surface area contributed by atoms with Gasteiger partial charge in [-0.3, -0.25) is 9.98 Å². The third-order valence-electron chi connectivity index (χ3n) is 3.80. The second-order valence-electron chi connectivity index (χ2n) is 5.84. The number of hydrogen-bond donors (Lipinski definition) is 2. The van der Waals surface area contributed by atoms with Gasteiger partial charge in [0, 0.05) is 30.4 Å². The first kappa shape index (κ1) is 22.2. The minimum atomic E-state index is -0.587. The van der Waals surface area contributed by atoms with Crippen molar-refractivity contribution in [1.29, 1.82) is 0 Å². The highest BCUT2D eigenvalue weighted by Crippen LogP contribution is 2.24. The van der Waals surface area contributed by atoms with Crippen LogP contribution in [0.5, 0.6) is 0 Å². The minimum Gasteiger partial charge on any atom is -0.370 e. The molecule has 3 N–H and O–H groups in total. The Labute approximate surface area is 169 Å². The molecule has 0 saturated carbocycles. The van der Waals surface area contributed by atoms with Gasteiger partial charge in [0.1, 0.15) is 11.6 Å². The summed E-state index contributed by atoms with van der Waals surface area (Å²) in [6.45, 7) is 0.723. The molecular weight excluding hydrogens is 451 g/mol. The molecule has 0 aliphatic rings. The zero-order chi connectivity index (χ0) is 18.2. The number of aromatic nitrogens is 1. The van der Waals surface area contributed by atoms with E-state index in [4.69, 9.17) is 5.73 Å². The maximum atomic E-state index is 14.0. The molecule has 0 amide bonds. The van der Waals surface area contributed by atoms with Gasteiger partial charge in [-0.05, 0) is 38.4 Å². The van der Waals surface area contributed by atoms with E-state index >= 15 is 0 Å². The van der Waals surface area contributed by atoms with E-state index in [1.54, 1.807) is 25.2 Å². The van der Waals surface area contributed by atoms with E-state index in [-0.39, 0.29) is 42.0 Å². The third kappa shape index (κ3) is 6.49. The van der Waals surface area contributed by atoms with Crippen LogP contribution >= 0.6 is 24.0 Å². The number of aliphatic imine (C=N–C) groups is 1. The molecule has 1 aromatic heterocycles. The van der Waals surface area contributed by atoms with Gasteiger partial charge in [-0.2, -0.15) is 0 Å². The Kier molecular flexibility index (Phi) is 9.42. The average Bonchev–Trinajstić information content (AvgIpc) is 2.58. The zero-order valence-corrected chi connectivity index (χ0v) is 17.2. The molecule has 1 atom stereocenters. The van der Waals surface area contributed by atoms with E-state index in [2.05, 4.69) is 15.3 Å². The predicted octanol–water partition coefficient (Wildman–Crippen LogP) is 2.73. The molecule has 0 radical (unpaired) electrons. The summed E-state index contributed by atoms with van der Waals surface area (Å²) in [7, 11) is 3.49. The Bertz CT molecular complexity index is 690. The molecule has 1 heterocycles. The van der Waals surface area contributed by atoms with Crippen LogP contribution in [0.15, 0.2) is 47.6 Å². The van der Waals surface area contributed by atoms with Crippen LogP contribution in [0.2, 0.25) is 0 Å². The van der Waals surface area contributed by atoms with Gasteiger partial charge in [0.15, 0.2) is 5.96 Å². The molecule has 2 aromatic rings. The maximum absolute atomic E-state index is 14.0. The van der Waals surface area contributed by atoms with Crippen LogP contribution < -0.4 is 11.1 Å². The number of benzene rings is 1. The number of nitrogens with two attached hydrogens (primary N) is 1. The summed E-state index contributed by atoms with van der Waals surface area (Å²) in [4.78, 5) is 10.2. The second kappa shape index (κ2) is 11.0. The molecule has 8 heteroatoms. The monoisotopic (exact) mass is 475 g/mol. The molecule has 26 heavy (non-hydrogen) atoms. The summed E-state index contributed by atoms with van der Waals surface area (Å²) < 4.78 is 28.0. The Hall–Kier alpha value is -1.81. The highest BCUT2D eigenvalue weighted by atomic mass is 127. The smallest absolute Gasteiger partial charge is 0.188 e. The standard InChI is InChI=1S/C18H23F2N5.HI/c1-25(2)16(17-14(19)7-5-8-15(17)20)12-24-18(21)23-11-9-13-6-3-4-10-22-13;/h3-8,10,16H,9,11-12H2,1-2H3,(H3,21,23,24);1H. The third-order valence-corrected chi connectivity index (χ3v) is 3.80. The van der Waals surface area contributed by atoms with Crippen LogP contribution in [-0.2, 0) is 6.42 Å². The van der Waals surface area contributed by atoms with Gasteiger partial charge in [-0.15, -0.1) is 24.0 Å². The van der Waals surface area contributed by atoms with Gasteiger partial charge in [0.25, 0.3) is 0 Å². The van der Waals surface area contributed by atoms with Crippen molar-refractivity contribution in [3.63, 3.8) is 0 Å². The van der Waals surface area contributed by atoms with Gasteiger partial charge in [0.2, 0.25) is 0 Å². The molecule has 1 unspecified atom stereocenters. The van der Waals surface area contributed by atoms with Crippen LogP contribution in [0.1, 0.15) is 17.3 Å². The fraction of sp³-hybridized carbons (Fsp3) is 0.333. The molecule has 0 aliphatic heterocycles. The number of pyridine rings is 1. The molecule has 2 rings (SSSR count). The lowest BCUT2D eigenvalue weighted by Gasteiger charge is -2.24. The molecular formula is C18H24F2IN5. The van der Waals surface area contributed by atoms with E-state index in [9.17, 15) is 8.78 Å². The van der Waals surface area contributed by atoms with E-state index in [1.807, 2.05) is 18.2 Å². The van der Waals surface area contributed by atoms with Gasteiger partial charge in [-0.25, -0.2) is 8.78 Å². The summed E-state index contributed by atoms with van der Waals surface area (Å²) in [6.07, 6.45) is 2.44. The van der Waals surface area contributed by atoms with Crippen molar-refractivity contribution in [3.8, 4) is 0 Å². The van der Waals surface area contributed by atoms with Gasteiger partial charge in [0.05, 0.1) is 12.6 Å². The molecule has 0 spiro atoms. The van der Waals surface area contributed by atoms with Crippen molar-refractivity contribution in [3.05, 3.63) is 65.5 Å². The Morgan fingerprint density at radius 1 is 1.19 bits per heavy atom. The van der Waals surface area contributed by atoms with E-state index in [1.165, 1.54) is 18.2 Å². The second-order valence-corrected chi connectivity index (χ2v) is 5.84. The quantitative estimate of drug-likeness (QED) is 0.367. The van der Waals surface area contributed by atoms with Crippen LogP contribution in [0.3, 0.4) is 0 Å². The number of nitrogens with zero attached hydrogens (tertiary/aromatic N) is 3. The number of halogens is 3. The van der Waals surface area contributed by atoms with Gasteiger partial charge < -0.3 is 16.0 Å². The largest absolute Gasteiger partial charge is 0.370 e. The van der Waals surface area contributed by atoms with Crippen molar-refractivity contribution < 1.29 is 8.78 Å². The number of rotatable bonds is 7. The molecule has 142 valence electrons.